The lowest BCUT2D eigenvalue weighted by Gasteiger charge is -2.18. The molecule has 28 heavy (non-hydrogen) atoms. The van der Waals surface area contributed by atoms with Crippen LogP contribution >= 0.6 is 24.0 Å². The predicted molar refractivity (Wildman–Crippen MR) is 119 cm³/mol. The molecule has 0 saturated carbocycles. The summed E-state index contributed by atoms with van der Waals surface area (Å²) >= 11 is 0. The lowest BCUT2D eigenvalue weighted by atomic mass is 10.1. The lowest BCUT2D eigenvalue weighted by Crippen LogP contribution is -2.40. The molecule has 1 rings (SSSR count). The Morgan fingerprint density at radius 1 is 1.11 bits per heavy atom. The number of aliphatic imine (C=N–C) groups is 1. The number of alkyl halides is 3. The molecule has 2 N–H and O–H groups in total. The van der Waals surface area contributed by atoms with Gasteiger partial charge in [-0.1, -0.05) is 24.3 Å². The molecule has 1 aromatic carbocycles. The lowest BCUT2D eigenvalue weighted by molar-refractivity contribution is -0.176. The van der Waals surface area contributed by atoms with E-state index in [1.807, 2.05) is 32.9 Å². The largest absolute Gasteiger partial charge is 0.411 e. The third-order valence-electron chi connectivity index (χ3n) is 3.50. The first-order valence-corrected chi connectivity index (χ1v) is 9.88. The zero-order valence-electron chi connectivity index (χ0n) is 16.6. The van der Waals surface area contributed by atoms with Crippen molar-refractivity contribution in [3.8, 4) is 0 Å². The molecule has 10 heteroatoms. The van der Waals surface area contributed by atoms with Gasteiger partial charge in [0.1, 0.15) is 6.61 Å². The molecule has 5 nitrogen and oxygen atoms in total. The van der Waals surface area contributed by atoms with Gasteiger partial charge in [-0.15, -0.1) is 24.0 Å². The minimum Gasteiger partial charge on any atom is -0.367 e. The van der Waals surface area contributed by atoms with Gasteiger partial charge in [-0.3, -0.25) is 9.20 Å². The van der Waals surface area contributed by atoms with E-state index in [9.17, 15) is 17.4 Å². The van der Waals surface area contributed by atoms with Crippen LogP contribution < -0.4 is 10.6 Å². The average Bonchev–Trinajstić information content (AvgIpc) is 2.57. The molecule has 162 valence electrons. The van der Waals surface area contributed by atoms with Gasteiger partial charge >= 0.3 is 6.18 Å². The van der Waals surface area contributed by atoms with Crippen molar-refractivity contribution in [2.45, 2.75) is 44.8 Å². The van der Waals surface area contributed by atoms with Crippen LogP contribution in [0.15, 0.2) is 29.3 Å². The number of halogens is 4. The van der Waals surface area contributed by atoms with Gasteiger partial charge in [0.2, 0.25) is 0 Å². The van der Waals surface area contributed by atoms with Gasteiger partial charge in [-0.05, 0) is 31.9 Å². The summed E-state index contributed by atoms with van der Waals surface area (Å²) in [4.78, 5) is 4.11. The third-order valence-corrected chi connectivity index (χ3v) is 5.44. The van der Waals surface area contributed by atoms with Gasteiger partial charge in [0, 0.05) is 41.4 Å². The van der Waals surface area contributed by atoms with Crippen molar-refractivity contribution in [3.63, 3.8) is 0 Å². The summed E-state index contributed by atoms with van der Waals surface area (Å²) in [7, 11) is 0.715. The summed E-state index contributed by atoms with van der Waals surface area (Å²) in [6, 6.07) is 7.11. The van der Waals surface area contributed by atoms with Crippen LogP contribution in [0.1, 0.15) is 31.9 Å². The molecular weight excluding hydrogens is 506 g/mol. The minimum atomic E-state index is -4.31. The number of hydrogen-bond acceptors (Lipinski definition) is 3. The maximum atomic E-state index is 12.1. The first-order valence-electron chi connectivity index (χ1n) is 8.56. The van der Waals surface area contributed by atoms with Crippen molar-refractivity contribution in [2.24, 2.45) is 4.99 Å². The maximum absolute atomic E-state index is 12.1. The van der Waals surface area contributed by atoms with Gasteiger partial charge in [-0.2, -0.15) is 13.2 Å². The summed E-state index contributed by atoms with van der Waals surface area (Å²) < 4.78 is 52.6. The SMILES string of the molecule is CN=C(NCCS(=O)C(C)(C)C)NCc1ccc(COCC(F)(F)F)cc1.I. The molecule has 0 amide bonds. The number of hydrogen-bond donors (Lipinski definition) is 2. The molecule has 1 aromatic rings. The Labute approximate surface area is 184 Å². The van der Waals surface area contributed by atoms with Crippen molar-refractivity contribution >= 4 is 40.7 Å². The fraction of sp³-hybridized carbons (Fsp3) is 0.611. The number of nitrogens with one attached hydrogen (secondary N) is 2. The van der Waals surface area contributed by atoms with Crippen molar-refractivity contribution in [1.29, 1.82) is 0 Å². The summed E-state index contributed by atoms with van der Waals surface area (Å²) in [5.74, 6) is 1.12. The molecule has 0 fully saturated rings. The van der Waals surface area contributed by atoms with Crippen LogP contribution in [0.3, 0.4) is 0 Å². The highest BCUT2D eigenvalue weighted by molar-refractivity contribution is 14.0. The quantitative estimate of drug-likeness (QED) is 0.304. The Hall–Kier alpha value is -0.880. The van der Waals surface area contributed by atoms with Crippen LogP contribution in [0.5, 0.6) is 0 Å². The van der Waals surface area contributed by atoms with E-state index in [2.05, 4.69) is 20.4 Å². The molecule has 0 aromatic heterocycles. The van der Waals surface area contributed by atoms with Crippen molar-refractivity contribution in [2.75, 3.05) is 26.0 Å². The number of nitrogens with zero attached hydrogens (tertiary/aromatic N) is 1. The average molecular weight is 535 g/mol. The van der Waals surface area contributed by atoms with E-state index in [0.29, 0.717) is 30.4 Å². The van der Waals surface area contributed by atoms with Crippen LogP contribution in [-0.4, -0.2) is 47.0 Å². The second kappa shape index (κ2) is 12.6. The van der Waals surface area contributed by atoms with Gasteiger partial charge in [0.25, 0.3) is 0 Å². The molecule has 0 spiro atoms. The second-order valence-corrected chi connectivity index (χ2v) is 9.26. The molecule has 0 bridgehead atoms. The minimum absolute atomic E-state index is 0. The summed E-state index contributed by atoms with van der Waals surface area (Å²) in [6.45, 7) is 5.53. The van der Waals surface area contributed by atoms with Crippen LogP contribution in [-0.2, 0) is 28.7 Å². The van der Waals surface area contributed by atoms with Crippen LogP contribution in [0.4, 0.5) is 13.2 Å². The molecule has 0 aliphatic carbocycles. The van der Waals surface area contributed by atoms with Gasteiger partial charge in [0.05, 0.1) is 6.61 Å². The van der Waals surface area contributed by atoms with E-state index in [1.165, 1.54) is 0 Å². The highest BCUT2D eigenvalue weighted by Crippen LogP contribution is 2.16. The van der Waals surface area contributed by atoms with Gasteiger partial charge in [-0.25, -0.2) is 0 Å². The molecule has 0 aliphatic rings. The van der Waals surface area contributed by atoms with Crippen LogP contribution in [0.2, 0.25) is 0 Å². The Morgan fingerprint density at radius 3 is 2.18 bits per heavy atom. The highest BCUT2D eigenvalue weighted by Gasteiger charge is 2.27. The van der Waals surface area contributed by atoms with E-state index in [0.717, 1.165) is 5.56 Å². The standard InChI is InChI=1S/C18H28F3N3O2S.HI/c1-17(2,3)27(25)10-9-23-16(22-4)24-11-14-5-7-15(8-6-14)12-26-13-18(19,20)21;/h5-8H,9-13H2,1-4H3,(H2,22,23,24);1H. The molecule has 1 unspecified atom stereocenters. The summed E-state index contributed by atoms with van der Waals surface area (Å²) in [5.41, 5.74) is 1.63. The monoisotopic (exact) mass is 535 g/mol. The molecule has 1 atom stereocenters. The highest BCUT2D eigenvalue weighted by atomic mass is 127. The van der Waals surface area contributed by atoms with E-state index in [1.54, 1.807) is 19.2 Å². The molecule has 0 saturated heterocycles. The van der Waals surface area contributed by atoms with Crippen LogP contribution in [0, 0.1) is 0 Å². The van der Waals surface area contributed by atoms with Crippen molar-refractivity contribution in [3.05, 3.63) is 35.4 Å². The summed E-state index contributed by atoms with van der Waals surface area (Å²) in [5, 5.41) is 6.26. The van der Waals surface area contributed by atoms with Crippen molar-refractivity contribution in [1.82, 2.24) is 10.6 Å². The number of benzene rings is 1. The second-order valence-electron chi connectivity index (χ2n) is 6.94. The van der Waals surface area contributed by atoms with E-state index >= 15 is 0 Å². The fourth-order valence-electron chi connectivity index (χ4n) is 2.01. The smallest absolute Gasteiger partial charge is 0.367 e. The topological polar surface area (TPSA) is 62.7 Å². The number of guanidine groups is 1. The van der Waals surface area contributed by atoms with E-state index < -0.39 is 23.6 Å². The molecular formula is C18H29F3IN3O2S. The Bertz CT molecular complexity index is 632. The van der Waals surface area contributed by atoms with Crippen molar-refractivity contribution < 1.29 is 22.1 Å². The molecule has 0 heterocycles. The third kappa shape index (κ3) is 11.8. The predicted octanol–water partition coefficient (Wildman–Crippen LogP) is 3.60. The van der Waals surface area contributed by atoms with Crippen LogP contribution in [0.25, 0.3) is 0 Å². The Morgan fingerprint density at radius 2 is 1.68 bits per heavy atom. The van der Waals surface area contributed by atoms with E-state index in [4.69, 9.17) is 0 Å². The Balaban J connectivity index is 0.00000729. The number of ether oxygens (including phenoxy) is 1. The molecule has 0 aliphatic heterocycles. The zero-order chi connectivity index (χ0) is 20.5. The Kier molecular flexibility index (Phi) is 12.2. The fourth-order valence-corrected chi connectivity index (χ4v) is 2.91. The van der Waals surface area contributed by atoms with Gasteiger partial charge in [0.15, 0.2) is 5.96 Å². The van der Waals surface area contributed by atoms with Gasteiger partial charge < -0.3 is 15.4 Å². The summed E-state index contributed by atoms with van der Waals surface area (Å²) in [6.07, 6.45) is -4.31. The maximum Gasteiger partial charge on any atom is 0.411 e. The van der Waals surface area contributed by atoms with E-state index in [-0.39, 0.29) is 35.3 Å². The number of rotatable bonds is 8. The zero-order valence-corrected chi connectivity index (χ0v) is 19.7. The molecule has 0 radical (unpaired) electrons. The normalized spacial score (nSPS) is 13.6. The first kappa shape index (κ1) is 27.1. The first-order chi connectivity index (χ1) is 12.5.